The van der Waals surface area contributed by atoms with Crippen molar-refractivity contribution in [1.82, 2.24) is 4.90 Å². The van der Waals surface area contributed by atoms with Crippen molar-refractivity contribution in [2.45, 2.75) is 30.9 Å². The average molecular weight is 791 g/mol. The van der Waals surface area contributed by atoms with E-state index in [1.54, 1.807) is 18.2 Å². The van der Waals surface area contributed by atoms with E-state index in [9.17, 15) is 24.0 Å². The second-order valence-electron chi connectivity index (χ2n) is 15.2. The highest BCUT2D eigenvalue weighted by atomic mass is 19.4. The van der Waals surface area contributed by atoms with Gasteiger partial charge >= 0.3 is 12.1 Å². The third-order valence-corrected chi connectivity index (χ3v) is 12.2. The first kappa shape index (κ1) is 37.4. The fraction of sp³-hybridized carbons (Fsp3) is 0.146. The van der Waals surface area contributed by atoms with Gasteiger partial charge in [0.25, 0.3) is 23.6 Å². The molecule has 2 atom stereocenters. The monoisotopic (exact) mass is 790 g/mol. The maximum Gasteiger partial charge on any atom is 0.402 e. The fourth-order valence-electron chi connectivity index (χ4n) is 9.01. The Morgan fingerprint density at radius 3 is 1.75 bits per heavy atom. The number of nitrogens with zero attached hydrogens (tertiary/aromatic N) is 2. The summed E-state index contributed by atoms with van der Waals surface area (Å²) in [5.41, 5.74) is 1.97. The Morgan fingerprint density at radius 1 is 0.610 bits per heavy atom. The number of methoxy groups -OCH3 is 1. The van der Waals surface area contributed by atoms with Gasteiger partial charge in [-0.15, -0.1) is 0 Å². The van der Waals surface area contributed by atoms with Crippen LogP contribution in [0, 0.1) is 6.92 Å². The summed E-state index contributed by atoms with van der Waals surface area (Å²) in [5, 5.41) is 0. The lowest BCUT2D eigenvalue weighted by molar-refractivity contribution is -0.173. The molecule has 0 fully saturated rings. The number of amides is 4. The Hall–Kier alpha value is -7.14. The molecule has 0 aromatic heterocycles. The largest absolute Gasteiger partial charge is 0.465 e. The maximum absolute atomic E-state index is 15.2. The Morgan fingerprint density at radius 2 is 1.14 bits per heavy atom. The van der Waals surface area contributed by atoms with E-state index in [1.165, 1.54) is 32.4 Å². The topological polar surface area (TPSA) is 101 Å². The van der Waals surface area contributed by atoms with Crippen LogP contribution >= 0.6 is 0 Å². The van der Waals surface area contributed by atoms with Crippen molar-refractivity contribution in [2.75, 3.05) is 19.1 Å². The number of imide groups is 2. The lowest BCUT2D eigenvalue weighted by Gasteiger charge is -2.34. The molecule has 0 radical (unpaired) electrons. The van der Waals surface area contributed by atoms with Gasteiger partial charge in [0.05, 0.1) is 46.0 Å². The molecule has 6 aromatic rings. The second-order valence-corrected chi connectivity index (χ2v) is 15.2. The van der Waals surface area contributed by atoms with Crippen LogP contribution < -0.4 is 4.90 Å². The van der Waals surface area contributed by atoms with E-state index in [4.69, 9.17) is 4.74 Å². The molecule has 3 aliphatic rings. The Bertz CT molecular complexity index is 2850. The molecule has 8 nitrogen and oxygen atoms in total. The molecule has 2 aliphatic heterocycles. The molecule has 4 amide bonds. The predicted molar refractivity (Wildman–Crippen MR) is 213 cm³/mol. The summed E-state index contributed by atoms with van der Waals surface area (Å²) < 4.78 is 50.8. The predicted octanol–water partition coefficient (Wildman–Crippen LogP) is 9.04. The number of hydrogen-bond acceptors (Lipinski definition) is 6. The van der Waals surface area contributed by atoms with Crippen molar-refractivity contribution in [1.29, 1.82) is 0 Å². The third-order valence-electron chi connectivity index (χ3n) is 12.2. The first-order chi connectivity index (χ1) is 28.1. The van der Waals surface area contributed by atoms with Gasteiger partial charge in [0, 0.05) is 12.6 Å². The van der Waals surface area contributed by atoms with E-state index < -0.39 is 46.6 Å². The number of carbonyl (C=O) groups excluding carboxylic acids is 5. The zero-order valence-electron chi connectivity index (χ0n) is 32.1. The highest BCUT2D eigenvalue weighted by Crippen LogP contribution is 2.57. The maximum atomic E-state index is 15.2. The van der Waals surface area contributed by atoms with Crippen LogP contribution in [0.1, 0.15) is 97.7 Å². The van der Waals surface area contributed by atoms with Crippen LogP contribution in [0.4, 0.5) is 18.9 Å². The van der Waals surface area contributed by atoms with Gasteiger partial charge in [0.15, 0.2) is 0 Å². The molecule has 292 valence electrons. The number of alkyl halides is 3. The molecule has 2 heterocycles. The van der Waals surface area contributed by atoms with Gasteiger partial charge in [-0.25, -0.2) is 9.69 Å². The number of fused-ring (bicyclic) bond motifs is 5. The second kappa shape index (κ2) is 12.9. The molecule has 0 spiro atoms. The summed E-state index contributed by atoms with van der Waals surface area (Å²) >= 11 is 0. The van der Waals surface area contributed by atoms with Crippen molar-refractivity contribution in [3.63, 3.8) is 0 Å². The molecule has 6 aromatic carbocycles. The van der Waals surface area contributed by atoms with E-state index in [1.807, 2.05) is 79.7 Å². The lowest BCUT2D eigenvalue weighted by Crippen LogP contribution is -2.41. The standard InChI is InChI=1S/C48H33F3N2O6/c1-26-12-14-27(15-13-26)47(38-10-6-5-8-34(38)40-35(45(58)59-4)9-7-11-39(40)47)28-16-20-31(21-17-28)53-43(56)33-23-19-30(25-37(33)44(53)57)46(2,48(49,50)51)29-18-22-32-36(24-29)42(55)52(3)41(32)54/h5-25H,1-4H3. The van der Waals surface area contributed by atoms with Gasteiger partial charge in [-0.2, -0.15) is 13.2 Å². The SMILES string of the molecule is COC(=O)c1cccc2c1-c1ccccc1C2(c1ccc(C)cc1)c1ccc(N2C(=O)c3ccc(C(C)(c4ccc5c(c4)C(=O)N(C)C5=O)C(F)(F)F)cc3C2=O)cc1. The van der Waals surface area contributed by atoms with Crippen molar-refractivity contribution in [3.8, 4) is 11.1 Å². The normalized spacial score (nSPS) is 17.7. The smallest absolute Gasteiger partial charge is 0.402 e. The van der Waals surface area contributed by atoms with Crippen molar-refractivity contribution in [3.05, 3.63) is 194 Å². The minimum Gasteiger partial charge on any atom is -0.465 e. The summed E-state index contributed by atoms with van der Waals surface area (Å²) in [6, 6.07) is 35.2. The van der Waals surface area contributed by atoms with Gasteiger partial charge in [-0.05, 0) is 95.3 Å². The quantitative estimate of drug-likeness (QED) is 0.123. The van der Waals surface area contributed by atoms with Crippen LogP contribution in [0.15, 0.2) is 127 Å². The Balaban J connectivity index is 1.14. The number of halogens is 3. The molecule has 0 N–H and O–H groups in total. The summed E-state index contributed by atoms with van der Waals surface area (Å²) in [7, 11) is 2.59. The number of benzene rings is 6. The van der Waals surface area contributed by atoms with E-state index >= 15 is 13.2 Å². The summed E-state index contributed by atoms with van der Waals surface area (Å²) in [6.07, 6.45) is -4.92. The van der Waals surface area contributed by atoms with Crippen molar-refractivity contribution >= 4 is 35.3 Å². The number of carbonyl (C=O) groups is 5. The zero-order chi connectivity index (χ0) is 41.8. The van der Waals surface area contributed by atoms with E-state index in [-0.39, 0.29) is 39.1 Å². The number of ether oxygens (including phenoxy) is 1. The molecule has 0 saturated carbocycles. The number of rotatable bonds is 6. The van der Waals surface area contributed by atoms with Gasteiger partial charge < -0.3 is 4.74 Å². The Labute approximate surface area is 336 Å². The van der Waals surface area contributed by atoms with Gasteiger partial charge in [0.2, 0.25) is 0 Å². The average Bonchev–Trinajstić information content (AvgIpc) is 3.77. The molecule has 2 unspecified atom stereocenters. The number of esters is 1. The summed E-state index contributed by atoms with van der Waals surface area (Å²) in [6.45, 7) is 2.93. The third kappa shape index (κ3) is 5.06. The number of aryl methyl sites for hydroxylation is 1. The van der Waals surface area contributed by atoms with Crippen LogP contribution in [-0.4, -0.2) is 54.8 Å². The first-order valence-electron chi connectivity index (χ1n) is 18.7. The van der Waals surface area contributed by atoms with Gasteiger partial charge in [0.1, 0.15) is 5.41 Å². The number of anilines is 1. The molecular formula is C48H33F3N2O6. The van der Waals surface area contributed by atoms with E-state index in [2.05, 4.69) is 0 Å². The minimum atomic E-state index is -4.92. The van der Waals surface area contributed by atoms with E-state index in [0.717, 1.165) is 73.9 Å². The van der Waals surface area contributed by atoms with Crippen LogP contribution in [0.25, 0.3) is 11.1 Å². The lowest BCUT2D eigenvalue weighted by atomic mass is 9.67. The summed E-state index contributed by atoms with van der Waals surface area (Å²) in [5.74, 6) is -3.31. The molecule has 0 saturated heterocycles. The molecule has 0 bridgehead atoms. The van der Waals surface area contributed by atoms with E-state index in [0.29, 0.717) is 5.56 Å². The van der Waals surface area contributed by atoms with Crippen molar-refractivity contribution < 1.29 is 41.9 Å². The zero-order valence-corrected chi connectivity index (χ0v) is 32.1. The molecular weight excluding hydrogens is 758 g/mol. The van der Waals surface area contributed by atoms with Crippen LogP contribution in [-0.2, 0) is 15.6 Å². The first-order valence-corrected chi connectivity index (χ1v) is 18.7. The van der Waals surface area contributed by atoms with Crippen molar-refractivity contribution in [2.24, 2.45) is 0 Å². The highest BCUT2D eigenvalue weighted by molar-refractivity contribution is 6.34. The highest BCUT2D eigenvalue weighted by Gasteiger charge is 2.55. The van der Waals surface area contributed by atoms with Gasteiger partial charge in [-0.3, -0.25) is 24.1 Å². The van der Waals surface area contributed by atoms with Crippen LogP contribution in [0.5, 0.6) is 0 Å². The van der Waals surface area contributed by atoms with Crippen LogP contribution in [0.3, 0.4) is 0 Å². The fourth-order valence-corrected chi connectivity index (χ4v) is 9.01. The summed E-state index contributed by atoms with van der Waals surface area (Å²) in [4.78, 5) is 68.3. The molecule has 59 heavy (non-hydrogen) atoms. The van der Waals surface area contributed by atoms with Gasteiger partial charge in [-0.1, -0.05) is 90.5 Å². The minimum absolute atomic E-state index is 0.000701. The molecule has 9 rings (SSSR count). The number of hydrogen-bond donors (Lipinski definition) is 0. The molecule has 1 aliphatic carbocycles. The Kier molecular flexibility index (Phi) is 8.21. The molecule has 11 heteroatoms. The van der Waals surface area contributed by atoms with Crippen LogP contribution in [0.2, 0.25) is 0 Å².